The number of ether oxygens (including phenoxy) is 1. The smallest absolute Gasteiger partial charge is 0.134 e. The first-order valence-corrected chi connectivity index (χ1v) is 6.34. The molecule has 2 unspecified atom stereocenters. The summed E-state index contributed by atoms with van der Waals surface area (Å²) in [6.07, 6.45) is 0.00261. The highest BCUT2D eigenvalue weighted by atomic mass is 35.5. The largest absolute Gasteiger partial charge is 0.458 e. The minimum atomic E-state index is -0.610. The number of methoxy groups -OCH3 is 1. The number of halogens is 1. The van der Waals surface area contributed by atoms with Crippen molar-refractivity contribution < 1.29 is 14.3 Å². The van der Waals surface area contributed by atoms with Gasteiger partial charge in [-0.25, -0.2) is 0 Å². The molecule has 0 fully saturated rings. The second-order valence-corrected chi connectivity index (χ2v) is 5.08. The van der Waals surface area contributed by atoms with E-state index in [1.165, 1.54) is 0 Å². The molecule has 98 valence electrons. The van der Waals surface area contributed by atoms with Crippen molar-refractivity contribution in [2.45, 2.75) is 19.4 Å². The molecule has 0 aliphatic rings. The lowest BCUT2D eigenvalue weighted by atomic mass is 10.0. The lowest BCUT2D eigenvalue weighted by molar-refractivity contribution is 0.0896. The number of rotatable bonds is 5. The molecule has 0 spiro atoms. The first-order chi connectivity index (χ1) is 8.60. The van der Waals surface area contributed by atoms with Crippen LogP contribution in [-0.2, 0) is 4.74 Å². The monoisotopic (exact) mass is 268 g/mol. The molecule has 0 saturated carbocycles. The molecule has 2 aromatic rings. The zero-order valence-electron chi connectivity index (χ0n) is 10.5. The third-order valence-electron chi connectivity index (χ3n) is 2.90. The molecule has 0 saturated heterocycles. The first kappa shape index (κ1) is 13.4. The number of furan rings is 1. The Balaban J connectivity index is 2.15. The van der Waals surface area contributed by atoms with E-state index < -0.39 is 6.10 Å². The first-order valence-electron chi connectivity index (χ1n) is 5.96. The van der Waals surface area contributed by atoms with Crippen molar-refractivity contribution in [2.75, 3.05) is 13.7 Å². The van der Waals surface area contributed by atoms with E-state index in [1.54, 1.807) is 13.2 Å². The van der Waals surface area contributed by atoms with Crippen LogP contribution >= 0.6 is 11.6 Å². The number of fused-ring (bicyclic) bond motifs is 1. The predicted octanol–water partition coefficient (Wildman–Crippen LogP) is 3.79. The SMILES string of the molecule is COCC(C)CC(O)c1cc2cc(Cl)ccc2o1. The minimum absolute atomic E-state index is 0.279. The maximum absolute atomic E-state index is 10.1. The van der Waals surface area contributed by atoms with Crippen LogP contribution in [0, 0.1) is 5.92 Å². The van der Waals surface area contributed by atoms with Crippen molar-refractivity contribution >= 4 is 22.6 Å². The van der Waals surface area contributed by atoms with Gasteiger partial charge >= 0.3 is 0 Å². The van der Waals surface area contributed by atoms with Crippen LogP contribution in [0.25, 0.3) is 11.0 Å². The van der Waals surface area contributed by atoms with Crippen LogP contribution in [-0.4, -0.2) is 18.8 Å². The van der Waals surface area contributed by atoms with E-state index >= 15 is 0 Å². The van der Waals surface area contributed by atoms with Crippen LogP contribution in [0.15, 0.2) is 28.7 Å². The summed E-state index contributed by atoms with van der Waals surface area (Å²) in [5.74, 6) is 0.858. The molecule has 18 heavy (non-hydrogen) atoms. The topological polar surface area (TPSA) is 42.6 Å². The van der Waals surface area contributed by atoms with E-state index in [0.717, 1.165) is 11.0 Å². The molecular weight excluding hydrogens is 252 g/mol. The molecule has 3 nitrogen and oxygen atoms in total. The van der Waals surface area contributed by atoms with Gasteiger partial charge in [0.1, 0.15) is 17.4 Å². The van der Waals surface area contributed by atoms with Crippen LogP contribution in [0.4, 0.5) is 0 Å². The summed E-state index contributed by atoms with van der Waals surface area (Å²) in [5, 5.41) is 11.7. The van der Waals surface area contributed by atoms with Crippen molar-refractivity contribution in [2.24, 2.45) is 5.92 Å². The number of aliphatic hydroxyl groups is 1. The van der Waals surface area contributed by atoms with Crippen LogP contribution in [0.5, 0.6) is 0 Å². The Morgan fingerprint density at radius 2 is 2.17 bits per heavy atom. The average Bonchev–Trinajstić information content (AvgIpc) is 2.72. The van der Waals surface area contributed by atoms with Gasteiger partial charge in [-0.1, -0.05) is 18.5 Å². The van der Waals surface area contributed by atoms with Crippen molar-refractivity contribution in [1.82, 2.24) is 0 Å². The Bertz CT molecular complexity index is 521. The van der Waals surface area contributed by atoms with Crippen LogP contribution < -0.4 is 0 Å². The molecule has 4 heteroatoms. The molecule has 0 amide bonds. The standard InChI is InChI=1S/C14H17ClO3/c1-9(8-17-2)5-12(16)14-7-10-6-11(15)3-4-13(10)18-14/h3-4,6-7,9,12,16H,5,8H2,1-2H3. The minimum Gasteiger partial charge on any atom is -0.458 e. The van der Waals surface area contributed by atoms with E-state index in [1.807, 2.05) is 25.1 Å². The molecule has 0 radical (unpaired) electrons. The van der Waals surface area contributed by atoms with Crippen LogP contribution in [0.2, 0.25) is 5.02 Å². The zero-order chi connectivity index (χ0) is 13.1. The maximum Gasteiger partial charge on any atom is 0.134 e. The van der Waals surface area contributed by atoms with Crippen LogP contribution in [0.1, 0.15) is 25.2 Å². The summed E-state index contributed by atoms with van der Waals surface area (Å²) in [7, 11) is 1.66. The molecule has 0 aliphatic carbocycles. The highest BCUT2D eigenvalue weighted by Crippen LogP contribution is 2.29. The van der Waals surface area contributed by atoms with Crippen LogP contribution in [0.3, 0.4) is 0 Å². The number of benzene rings is 1. The van der Waals surface area contributed by atoms with Gasteiger partial charge in [-0.05, 0) is 36.6 Å². The lowest BCUT2D eigenvalue weighted by Crippen LogP contribution is -2.08. The Morgan fingerprint density at radius 1 is 1.39 bits per heavy atom. The second-order valence-electron chi connectivity index (χ2n) is 4.64. The van der Waals surface area contributed by atoms with Gasteiger partial charge < -0.3 is 14.3 Å². The molecule has 1 aromatic carbocycles. The molecule has 1 heterocycles. The Morgan fingerprint density at radius 3 is 2.89 bits per heavy atom. The molecule has 1 aromatic heterocycles. The third kappa shape index (κ3) is 3.05. The summed E-state index contributed by atoms with van der Waals surface area (Å²) in [5.41, 5.74) is 0.743. The summed E-state index contributed by atoms with van der Waals surface area (Å²) >= 11 is 5.91. The van der Waals surface area contributed by atoms with Gasteiger partial charge in [0.15, 0.2) is 0 Å². The molecule has 2 rings (SSSR count). The summed E-state index contributed by atoms with van der Waals surface area (Å²) in [4.78, 5) is 0. The Kier molecular flexibility index (Phi) is 4.27. The Hall–Kier alpha value is -1.03. The van der Waals surface area contributed by atoms with E-state index in [0.29, 0.717) is 23.8 Å². The van der Waals surface area contributed by atoms with E-state index in [9.17, 15) is 5.11 Å². The van der Waals surface area contributed by atoms with E-state index in [4.69, 9.17) is 20.8 Å². The number of aliphatic hydroxyl groups excluding tert-OH is 1. The molecule has 0 aliphatic heterocycles. The number of hydrogen-bond donors (Lipinski definition) is 1. The van der Waals surface area contributed by atoms with E-state index in [2.05, 4.69) is 0 Å². The highest BCUT2D eigenvalue weighted by molar-refractivity contribution is 6.31. The van der Waals surface area contributed by atoms with Gasteiger partial charge in [0.2, 0.25) is 0 Å². The fourth-order valence-corrected chi connectivity index (χ4v) is 2.23. The molecule has 0 bridgehead atoms. The van der Waals surface area contributed by atoms with Gasteiger partial charge in [0.05, 0.1) is 0 Å². The zero-order valence-corrected chi connectivity index (χ0v) is 11.3. The molecule has 1 N–H and O–H groups in total. The quantitative estimate of drug-likeness (QED) is 0.897. The Labute approximate surface area is 111 Å². The molecule has 2 atom stereocenters. The fraction of sp³-hybridized carbons (Fsp3) is 0.429. The highest BCUT2D eigenvalue weighted by Gasteiger charge is 2.16. The lowest BCUT2D eigenvalue weighted by Gasteiger charge is -2.13. The van der Waals surface area contributed by atoms with Gasteiger partial charge in [0.25, 0.3) is 0 Å². The summed E-state index contributed by atoms with van der Waals surface area (Å²) < 4.78 is 10.7. The fourth-order valence-electron chi connectivity index (χ4n) is 2.05. The van der Waals surface area contributed by atoms with Crippen molar-refractivity contribution in [3.8, 4) is 0 Å². The van der Waals surface area contributed by atoms with Crippen molar-refractivity contribution in [1.29, 1.82) is 0 Å². The normalized spacial score (nSPS) is 14.9. The van der Waals surface area contributed by atoms with Gasteiger partial charge in [0, 0.05) is 24.1 Å². The summed E-state index contributed by atoms with van der Waals surface area (Å²) in [6, 6.07) is 7.25. The molecular formula is C14H17ClO3. The van der Waals surface area contributed by atoms with E-state index in [-0.39, 0.29) is 5.92 Å². The summed E-state index contributed by atoms with van der Waals surface area (Å²) in [6.45, 7) is 2.66. The average molecular weight is 269 g/mol. The number of hydrogen-bond acceptors (Lipinski definition) is 3. The van der Waals surface area contributed by atoms with Gasteiger partial charge in [-0.15, -0.1) is 0 Å². The second kappa shape index (κ2) is 5.74. The van der Waals surface area contributed by atoms with Crippen molar-refractivity contribution in [3.63, 3.8) is 0 Å². The predicted molar refractivity (Wildman–Crippen MR) is 71.8 cm³/mol. The maximum atomic E-state index is 10.1. The van der Waals surface area contributed by atoms with Gasteiger partial charge in [-0.2, -0.15) is 0 Å². The third-order valence-corrected chi connectivity index (χ3v) is 3.14. The van der Waals surface area contributed by atoms with Crippen molar-refractivity contribution in [3.05, 3.63) is 35.0 Å². The van der Waals surface area contributed by atoms with Gasteiger partial charge in [-0.3, -0.25) is 0 Å².